The SMILES string of the molecule is CCN(CCO)C(=O)c1ccc2c3c(sc2c1)NCNC3c1cc2snnc2cc1OC. The number of aliphatic hydroxyl groups excluding tert-OH is 1. The first kappa shape index (κ1) is 21.1. The summed E-state index contributed by atoms with van der Waals surface area (Å²) in [5.74, 6) is 0.701. The minimum atomic E-state index is -0.0673. The molecule has 0 saturated carbocycles. The van der Waals surface area contributed by atoms with E-state index in [0.717, 1.165) is 42.2 Å². The smallest absolute Gasteiger partial charge is 0.253 e. The first-order chi connectivity index (χ1) is 15.6. The molecule has 8 nitrogen and oxygen atoms in total. The van der Waals surface area contributed by atoms with Crippen LogP contribution in [0.3, 0.4) is 0 Å². The van der Waals surface area contributed by atoms with Gasteiger partial charge in [0.05, 0.1) is 36.1 Å². The van der Waals surface area contributed by atoms with Crippen LogP contribution in [0, 0.1) is 0 Å². The number of methoxy groups -OCH3 is 1. The van der Waals surface area contributed by atoms with Crippen LogP contribution in [0.2, 0.25) is 0 Å². The maximum Gasteiger partial charge on any atom is 0.253 e. The number of carbonyl (C=O) groups excluding carboxylic acids is 1. The maximum absolute atomic E-state index is 12.9. The molecule has 0 aliphatic carbocycles. The zero-order valence-electron chi connectivity index (χ0n) is 17.7. The molecule has 0 saturated heterocycles. The highest BCUT2D eigenvalue weighted by atomic mass is 32.1. The van der Waals surface area contributed by atoms with Gasteiger partial charge in [-0.05, 0) is 42.0 Å². The van der Waals surface area contributed by atoms with Gasteiger partial charge in [0.2, 0.25) is 0 Å². The fraction of sp³-hybridized carbons (Fsp3) is 0.318. The first-order valence-electron chi connectivity index (χ1n) is 10.4. The molecule has 4 aromatic rings. The molecule has 2 aromatic heterocycles. The second-order valence-electron chi connectivity index (χ2n) is 7.49. The topological polar surface area (TPSA) is 99.6 Å². The molecule has 0 radical (unpaired) electrons. The minimum Gasteiger partial charge on any atom is -0.496 e. The highest BCUT2D eigenvalue weighted by Crippen LogP contribution is 2.46. The van der Waals surface area contributed by atoms with Crippen molar-refractivity contribution >= 4 is 54.1 Å². The van der Waals surface area contributed by atoms with E-state index in [1.165, 1.54) is 11.5 Å². The molecule has 0 bridgehead atoms. The van der Waals surface area contributed by atoms with Crippen molar-refractivity contribution in [2.24, 2.45) is 0 Å². The standard InChI is InChI=1S/C22H23N5O3S2/c1-3-27(6-7-28)22(29)12-4-5-13-17(8-12)31-21-19(13)20(23-11-24-21)14-9-18-15(25-26-32-18)10-16(14)30-2/h4-5,8-10,20,23-24,28H,3,6-7,11H2,1-2H3. The van der Waals surface area contributed by atoms with Crippen molar-refractivity contribution in [2.45, 2.75) is 13.0 Å². The lowest BCUT2D eigenvalue weighted by Crippen LogP contribution is -2.33. The van der Waals surface area contributed by atoms with Gasteiger partial charge in [-0.25, -0.2) is 0 Å². The number of aromatic nitrogens is 2. The number of amides is 1. The van der Waals surface area contributed by atoms with E-state index in [1.807, 2.05) is 31.2 Å². The third-order valence-corrected chi connectivity index (χ3v) is 7.58. The van der Waals surface area contributed by atoms with Crippen molar-refractivity contribution in [1.82, 2.24) is 19.8 Å². The summed E-state index contributed by atoms with van der Waals surface area (Å²) in [6, 6.07) is 9.81. The second kappa shape index (κ2) is 8.62. The lowest BCUT2D eigenvalue weighted by Gasteiger charge is -2.27. The van der Waals surface area contributed by atoms with Gasteiger partial charge in [0.25, 0.3) is 5.91 Å². The lowest BCUT2D eigenvalue weighted by atomic mass is 9.95. The van der Waals surface area contributed by atoms with Gasteiger partial charge in [-0.15, -0.1) is 16.4 Å². The molecule has 3 heterocycles. The van der Waals surface area contributed by atoms with Crippen LogP contribution in [-0.4, -0.2) is 59.0 Å². The van der Waals surface area contributed by atoms with E-state index in [1.54, 1.807) is 23.3 Å². The number of benzene rings is 2. The van der Waals surface area contributed by atoms with Gasteiger partial charge in [0, 0.05) is 40.5 Å². The van der Waals surface area contributed by atoms with Gasteiger partial charge in [-0.1, -0.05) is 10.6 Å². The fourth-order valence-corrected chi connectivity index (χ4v) is 5.97. The number of carbonyl (C=O) groups is 1. The summed E-state index contributed by atoms with van der Waals surface area (Å²) in [7, 11) is 1.67. The summed E-state index contributed by atoms with van der Waals surface area (Å²) in [4.78, 5) is 14.5. The predicted molar refractivity (Wildman–Crippen MR) is 128 cm³/mol. The van der Waals surface area contributed by atoms with E-state index in [0.29, 0.717) is 25.3 Å². The average molecular weight is 470 g/mol. The zero-order valence-corrected chi connectivity index (χ0v) is 19.3. The summed E-state index contributed by atoms with van der Waals surface area (Å²) < 4.78 is 11.8. The molecule has 1 unspecified atom stereocenters. The molecular formula is C22H23N5O3S2. The van der Waals surface area contributed by atoms with Crippen molar-refractivity contribution in [1.29, 1.82) is 0 Å². The molecule has 5 rings (SSSR count). The first-order valence-corrected chi connectivity index (χ1v) is 12.0. The number of aliphatic hydroxyl groups is 1. The monoisotopic (exact) mass is 469 g/mol. The minimum absolute atomic E-state index is 0.0478. The summed E-state index contributed by atoms with van der Waals surface area (Å²) in [6.07, 6.45) is 0. The average Bonchev–Trinajstić information content (AvgIpc) is 3.44. The van der Waals surface area contributed by atoms with Gasteiger partial charge in [0.15, 0.2) is 0 Å². The fourth-order valence-electron chi connectivity index (χ4n) is 4.20. The third-order valence-electron chi connectivity index (χ3n) is 5.77. The maximum atomic E-state index is 12.9. The van der Waals surface area contributed by atoms with Crippen molar-refractivity contribution in [3.63, 3.8) is 0 Å². The Morgan fingerprint density at radius 2 is 2.19 bits per heavy atom. The van der Waals surface area contributed by atoms with Crippen LogP contribution in [0.1, 0.15) is 34.5 Å². The number of anilines is 1. The number of nitrogens with one attached hydrogen (secondary N) is 2. The molecule has 1 aliphatic heterocycles. The van der Waals surface area contributed by atoms with Crippen LogP contribution in [0.4, 0.5) is 5.00 Å². The second-order valence-corrected chi connectivity index (χ2v) is 9.33. The van der Waals surface area contributed by atoms with Crippen LogP contribution >= 0.6 is 22.9 Å². The third kappa shape index (κ3) is 3.49. The summed E-state index contributed by atoms with van der Waals surface area (Å²) in [5.41, 5.74) is 3.64. The molecular weight excluding hydrogens is 446 g/mol. The molecule has 1 amide bonds. The normalized spacial score (nSPS) is 15.5. The van der Waals surface area contributed by atoms with Crippen LogP contribution in [0.25, 0.3) is 20.3 Å². The van der Waals surface area contributed by atoms with Crippen molar-refractivity contribution in [3.05, 3.63) is 47.0 Å². The summed E-state index contributed by atoms with van der Waals surface area (Å²) >= 11 is 3.02. The van der Waals surface area contributed by atoms with Gasteiger partial charge in [0.1, 0.15) is 11.3 Å². The van der Waals surface area contributed by atoms with Gasteiger partial charge in [-0.2, -0.15) is 0 Å². The van der Waals surface area contributed by atoms with E-state index in [-0.39, 0.29) is 18.6 Å². The molecule has 10 heteroatoms. The van der Waals surface area contributed by atoms with E-state index in [9.17, 15) is 9.90 Å². The summed E-state index contributed by atoms with van der Waals surface area (Å²) in [5, 5.41) is 22.6. The van der Waals surface area contributed by atoms with Gasteiger partial charge in [-0.3, -0.25) is 10.1 Å². The number of ether oxygens (including phenoxy) is 1. The Labute approximate surface area is 193 Å². The van der Waals surface area contributed by atoms with E-state index < -0.39 is 0 Å². The molecule has 0 fully saturated rings. The molecule has 3 N–H and O–H groups in total. The molecule has 166 valence electrons. The van der Waals surface area contributed by atoms with Gasteiger partial charge >= 0.3 is 0 Å². The van der Waals surface area contributed by atoms with Crippen molar-refractivity contribution in [3.8, 4) is 5.75 Å². The molecule has 0 spiro atoms. The number of fused-ring (bicyclic) bond motifs is 4. The van der Waals surface area contributed by atoms with E-state index >= 15 is 0 Å². The number of hydrogen-bond donors (Lipinski definition) is 3. The Morgan fingerprint density at radius 3 is 2.97 bits per heavy atom. The Kier molecular flexibility index (Phi) is 5.68. The molecule has 1 atom stereocenters. The largest absolute Gasteiger partial charge is 0.496 e. The van der Waals surface area contributed by atoms with E-state index in [4.69, 9.17) is 4.74 Å². The Balaban J connectivity index is 1.59. The number of likely N-dealkylation sites (N-methyl/N-ethyl adjacent to an activating group) is 1. The zero-order chi connectivity index (χ0) is 22.2. The lowest BCUT2D eigenvalue weighted by molar-refractivity contribution is 0.0732. The summed E-state index contributed by atoms with van der Waals surface area (Å²) in [6.45, 7) is 3.38. The number of thiophene rings is 1. The molecule has 1 aliphatic rings. The van der Waals surface area contributed by atoms with Gasteiger partial charge < -0.3 is 20.1 Å². The van der Waals surface area contributed by atoms with Crippen molar-refractivity contribution < 1.29 is 14.6 Å². The Bertz CT molecular complexity index is 1300. The molecule has 2 aromatic carbocycles. The van der Waals surface area contributed by atoms with E-state index in [2.05, 4.69) is 26.3 Å². The van der Waals surface area contributed by atoms with Crippen LogP contribution in [-0.2, 0) is 0 Å². The van der Waals surface area contributed by atoms with Crippen LogP contribution in [0.5, 0.6) is 5.75 Å². The van der Waals surface area contributed by atoms with Crippen LogP contribution in [0.15, 0.2) is 30.3 Å². The Hall–Kier alpha value is -2.79. The molecule has 32 heavy (non-hydrogen) atoms. The van der Waals surface area contributed by atoms with Crippen molar-refractivity contribution in [2.75, 3.05) is 38.8 Å². The quantitative estimate of drug-likeness (QED) is 0.398. The number of hydrogen-bond acceptors (Lipinski definition) is 9. The predicted octanol–water partition coefficient (Wildman–Crippen LogP) is 3.43. The number of nitrogens with zero attached hydrogens (tertiary/aromatic N) is 3. The highest BCUT2D eigenvalue weighted by molar-refractivity contribution is 7.23. The van der Waals surface area contributed by atoms with Crippen LogP contribution < -0.4 is 15.4 Å². The number of rotatable bonds is 6. The Morgan fingerprint density at radius 1 is 1.31 bits per heavy atom. The highest BCUT2D eigenvalue weighted by Gasteiger charge is 2.29.